The van der Waals surface area contributed by atoms with Crippen LogP contribution >= 0.6 is 0 Å². The third-order valence-electron chi connectivity index (χ3n) is 7.58. The van der Waals surface area contributed by atoms with Crippen molar-refractivity contribution in [3.63, 3.8) is 0 Å². The monoisotopic (exact) mass is 507 g/mol. The van der Waals surface area contributed by atoms with Gasteiger partial charge in [0.05, 0.1) is 22.5 Å². The Morgan fingerprint density at radius 2 is 1.31 bits per heavy atom. The topological polar surface area (TPSA) is 9.23 Å². The summed E-state index contributed by atoms with van der Waals surface area (Å²) in [6, 6.07) is 34.7. The zero-order chi connectivity index (χ0) is 24.3. The van der Waals surface area contributed by atoms with Crippen LogP contribution in [0, 0.1) is 0 Å². The normalized spacial score (nSPS) is 18.9. The molecule has 4 heteroatoms. The first-order valence-electron chi connectivity index (χ1n) is 12.2. The van der Waals surface area contributed by atoms with Gasteiger partial charge in [0.1, 0.15) is 0 Å². The summed E-state index contributed by atoms with van der Waals surface area (Å²) in [4.78, 5) is 0. The van der Waals surface area contributed by atoms with Crippen LogP contribution in [0.2, 0.25) is 6.04 Å². The van der Waals surface area contributed by atoms with Crippen LogP contribution in [-0.4, -0.2) is 26.1 Å². The highest BCUT2D eigenvalue weighted by Gasteiger charge is 2.39. The molecule has 0 aliphatic carbocycles. The summed E-state index contributed by atoms with van der Waals surface area (Å²) >= 11 is 0. The van der Waals surface area contributed by atoms with Crippen LogP contribution in [0.5, 0.6) is 0 Å². The average Bonchev–Trinajstić information content (AvgIpc) is 2.93. The maximum absolute atomic E-state index is 6.68. The molecule has 6 aromatic carbocycles. The van der Waals surface area contributed by atoms with Crippen LogP contribution < -0.4 is 0 Å². The lowest BCUT2D eigenvalue weighted by molar-refractivity contribution is 0.156. The molecule has 1 saturated heterocycles. The predicted octanol–water partition coefficient (Wildman–Crippen LogP) is 7.82. The highest BCUT2D eigenvalue weighted by molar-refractivity contribution is 7.36. The Morgan fingerprint density at radius 3 is 2.06 bits per heavy atom. The summed E-state index contributed by atoms with van der Waals surface area (Å²) in [5, 5.41) is 12.7. The molecule has 7 rings (SSSR count). The third kappa shape index (κ3) is 3.29. The van der Waals surface area contributed by atoms with Gasteiger partial charge in [-0.2, -0.15) is 0 Å². The fourth-order valence-electron chi connectivity index (χ4n) is 5.79. The van der Waals surface area contributed by atoms with Crippen LogP contribution in [0.1, 0.15) is 5.56 Å². The molecular weight excluding hydrogens is 485 g/mol. The van der Waals surface area contributed by atoms with Gasteiger partial charge >= 0.3 is 0 Å². The summed E-state index contributed by atoms with van der Waals surface area (Å²) in [5.74, 6) is 0. The fourth-order valence-corrected chi connectivity index (χ4v) is 13.7. The van der Waals surface area contributed by atoms with Crippen molar-refractivity contribution in [1.82, 2.24) is 0 Å². The molecule has 1 heterocycles. The smallest absolute Gasteiger partial charge is 0.204 e. The van der Waals surface area contributed by atoms with Gasteiger partial charge in [0.15, 0.2) is 0 Å². The first kappa shape index (κ1) is 22.0. The molecule has 1 unspecified atom stereocenters. The number of fused-ring (bicyclic) bond motifs is 6. The van der Waals surface area contributed by atoms with E-state index in [9.17, 15) is 0 Å². The molecule has 169 valence electrons. The number of hydrogen-bond donors (Lipinski definition) is 0. The first-order valence-corrected chi connectivity index (χ1v) is 17.9. The van der Waals surface area contributed by atoms with Crippen molar-refractivity contribution in [2.24, 2.45) is 0 Å². The predicted molar refractivity (Wildman–Crippen MR) is 159 cm³/mol. The zero-order valence-corrected chi connectivity index (χ0v) is 22.8. The van der Waals surface area contributed by atoms with E-state index < -0.39 is 13.9 Å². The summed E-state index contributed by atoms with van der Waals surface area (Å²) < 4.78 is 6.68. The van der Waals surface area contributed by atoms with Crippen molar-refractivity contribution >= 4 is 80.0 Å². The van der Waals surface area contributed by atoms with Crippen molar-refractivity contribution in [1.29, 1.82) is 0 Å². The Hall–Kier alpha value is -3.29. The molecule has 1 aliphatic heterocycles. The second-order valence-electron chi connectivity index (χ2n) is 9.58. The lowest BCUT2D eigenvalue weighted by Gasteiger charge is -2.39. The Morgan fingerprint density at radius 1 is 0.667 bits per heavy atom. The van der Waals surface area contributed by atoms with E-state index in [1.165, 1.54) is 59.4 Å². The van der Waals surface area contributed by atoms with Crippen LogP contribution in [0.15, 0.2) is 116 Å². The lowest BCUT2D eigenvalue weighted by atomic mass is 9.84. The average molecular weight is 508 g/mol. The van der Waals surface area contributed by atoms with Crippen molar-refractivity contribution < 1.29 is 4.43 Å². The van der Waals surface area contributed by atoms with E-state index in [0.29, 0.717) is 9.28 Å². The minimum atomic E-state index is -0.671. The van der Waals surface area contributed by atoms with Gasteiger partial charge in [-0.15, -0.1) is 12.3 Å². The molecular formula is C32H23OSi3. The van der Waals surface area contributed by atoms with E-state index >= 15 is 0 Å². The standard InChI is InChI=1S/C32H23OSi3/c1-3-32(20-36(4-2)35-34-33-32)31-27-12-8-7-11-23(27)18-30-28(31)14-13-24-17-25-15-21-9-5-6-10-22(21)16-26(25)19-29(24)30/h3-19H,1-2,20H2. The molecule has 1 fully saturated rings. The maximum atomic E-state index is 6.68. The molecule has 0 aromatic heterocycles. The zero-order valence-electron chi connectivity index (χ0n) is 19.8. The summed E-state index contributed by atoms with van der Waals surface area (Å²) in [6.07, 6.45) is 2.07. The minimum Gasteiger partial charge on any atom is -0.409 e. The largest absolute Gasteiger partial charge is 0.409 e. The number of hydrogen-bond acceptors (Lipinski definition) is 1. The molecule has 0 N–H and O–H groups in total. The van der Waals surface area contributed by atoms with Gasteiger partial charge in [-0.1, -0.05) is 73.3 Å². The van der Waals surface area contributed by atoms with Crippen molar-refractivity contribution in [2.45, 2.75) is 11.6 Å². The molecule has 0 bridgehead atoms. The van der Waals surface area contributed by atoms with E-state index in [4.69, 9.17) is 4.43 Å². The quantitative estimate of drug-likeness (QED) is 0.103. The second-order valence-corrected chi connectivity index (χ2v) is 17.6. The Kier molecular flexibility index (Phi) is 5.11. The molecule has 36 heavy (non-hydrogen) atoms. The molecule has 0 amide bonds. The Labute approximate surface area is 217 Å². The summed E-state index contributed by atoms with van der Waals surface area (Å²) in [6.45, 7) is 8.47. The van der Waals surface area contributed by atoms with Crippen LogP contribution in [0.25, 0.3) is 53.9 Å². The van der Waals surface area contributed by atoms with Gasteiger partial charge in [-0.3, -0.25) is 0 Å². The van der Waals surface area contributed by atoms with E-state index in [1.807, 2.05) is 0 Å². The molecule has 5 radical (unpaired) electrons. The van der Waals surface area contributed by atoms with Crippen molar-refractivity contribution in [3.05, 3.63) is 121 Å². The van der Waals surface area contributed by atoms with Crippen LogP contribution in [-0.2, 0) is 10.0 Å². The Bertz CT molecular complexity index is 1860. The fraction of sp³-hybridized carbons (Fsp3) is 0.0625. The van der Waals surface area contributed by atoms with Gasteiger partial charge in [-0.25, -0.2) is 0 Å². The highest BCUT2D eigenvalue weighted by Crippen LogP contribution is 2.45. The highest BCUT2D eigenvalue weighted by atomic mass is 29.5. The molecule has 0 spiro atoms. The van der Waals surface area contributed by atoms with E-state index in [0.717, 1.165) is 14.6 Å². The van der Waals surface area contributed by atoms with Gasteiger partial charge in [0, 0.05) is 5.56 Å². The van der Waals surface area contributed by atoms with Gasteiger partial charge < -0.3 is 4.43 Å². The van der Waals surface area contributed by atoms with Crippen LogP contribution in [0.4, 0.5) is 0 Å². The van der Waals surface area contributed by atoms with Gasteiger partial charge in [-0.05, 0) is 90.2 Å². The first-order chi connectivity index (χ1) is 17.7. The van der Waals surface area contributed by atoms with Crippen molar-refractivity contribution in [2.75, 3.05) is 0 Å². The van der Waals surface area contributed by atoms with Crippen molar-refractivity contribution in [3.8, 4) is 0 Å². The molecule has 6 aromatic rings. The second kappa shape index (κ2) is 8.39. The molecule has 1 aliphatic rings. The van der Waals surface area contributed by atoms with E-state index in [2.05, 4.69) is 116 Å². The SMILES string of the molecule is C=C[Si]1CC(C=C)(c2c3ccccc3cc3c2ccc2cc4cc5ccccc5cc4cc23)O[Si][Si]1. The van der Waals surface area contributed by atoms with Crippen LogP contribution in [0.3, 0.4) is 0 Å². The van der Waals surface area contributed by atoms with E-state index in [1.54, 1.807) is 0 Å². The minimum absolute atomic E-state index is 0.480. The molecule has 0 saturated carbocycles. The van der Waals surface area contributed by atoms with Gasteiger partial charge in [0.2, 0.25) is 9.28 Å². The Balaban J connectivity index is 1.60. The third-order valence-corrected chi connectivity index (χ3v) is 16.4. The molecule has 1 atom stereocenters. The summed E-state index contributed by atoms with van der Waals surface area (Å²) in [5.41, 5.74) is 3.00. The summed E-state index contributed by atoms with van der Waals surface area (Å²) in [7, 11) is 0.701. The van der Waals surface area contributed by atoms with Gasteiger partial charge in [0.25, 0.3) is 0 Å². The molecule has 1 nitrogen and oxygen atoms in total. The van der Waals surface area contributed by atoms with E-state index in [-0.39, 0.29) is 0 Å². The number of benzene rings is 6. The maximum Gasteiger partial charge on any atom is 0.204 e. The lowest BCUT2D eigenvalue weighted by Crippen LogP contribution is -2.45. The number of rotatable bonds is 3.